The van der Waals surface area contributed by atoms with E-state index in [-0.39, 0.29) is 0 Å². The molecule has 18 heavy (non-hydrogen) atoms. The smallest absolute Gasteiger partial charge is 0.0591 e. The summed E-state index contributed by atoms with van der Waals surface area (Å²) in [6.07, 6.45) is 7.94. The Labute approximate surface area is 114 Å². The molecular formula is C16H33NO. The molecule has 0 saturated heterocycles. The van der Waals surface area contributed by atoms with Gasteiger partial charge in [0.1, 0.15) is 0 Å². The Kier molecular flexibility index (Phi) is 7.25. The zero-order valence-electron chi connectivity index (χ0n) is 12.9. The Bertz CT molecular complexity index is 210. The predicted octanol–water partition coefficient (Wildman–Crippen LogP) is 4.00. The summed E-state index contributed by atoms with van der Waals surface area (Å²) in [6.45, 7) is 12.2. The van der Waals surface area contributed by atoms with Crippen LogP contribution in [0.15, 0.2) is 0 Å². The average Bonchev–Trinajstić information content (AvgIpc) is 2.33. The van der Waals surface area contributed by atoms with Gasteiger partial charge >= 0.3 is 0 Å². The maximum absolute atomic E-state index is 5.62. The lowest BCUT2D eigenvalue weighted by Gasteiger charge is -2.41. The molecule has 1 fully saturated rings. The molecule has 2 heteroatoms. The molecule has 2 atom stereocenters. The van der Waals surface area contributed by atoms with Crippen LogP contribution in [0.1, 0.15) is 66.2 Å². The Morgan fingerprint density at radius 3 is 2.50 bits per heavy atom. The Hall–Kier alpha value is -0.0800. The van der Waals surface area contributed by atoms with Crippen molar-refractivity contribution in [3.05, 3.63) is 0 Å². The van der Waals surface area contributed by atoms with Gasteiger partial charge in [-0.3, -0.25) is 0 Å². The van der Waals surface area contributed by atoms with Gasteiger partial charge in [0.15, 0.2) is 0 Å². The predicted molar refractivity (Wildman–Crippen MR) is 78.9 cm³/mol. The summed E-state index contributed by atoms with van der Waals surface area (Å²) < 4.78 is 5.62. The zero-order chi connectivity index (χ0) is 13.4. The third-order valence-electron chi connectivity index (χ3n) is 4.17. The number of unbranched alkanes of at least 4 members (excludes halogenated alkanes) is 1. The van der Waals surface area contributed by atoms with E-state index in [1.54, 1.807) is 0 Å². The minimum atomic E-state index is 0.432. The van der Waals surface area contributed by atoms with Crippen LogP contribution in [-0.4, -0.2) is 25.8 Å². The summed E-state index contributed by atoms with van der Waals surface area (Å²) in [5.41, 5.74) is 0.432. The van der Waals surface area contributed by atoms with Crippen LogP contribution < -0.4 is 5.32 Å². The monoisotopic (exact) mass is 255 g/mol. The summed E-state index contributed by atoms with van der Waals surface area (Å²) in [4.78, 5) is 0. The minimum absolute atomic E-state index is 0.432. The van der Waals surface area contributed by atoms with Gasteiger partial charge < -0.3 is 10.1 Å². The van der Waals surface area contributed by atoms with Gasteiger partial charge in [-0.25, -0.2) is 0 Å². The standard InChI is InChI=1S/C16H33NO/c1-5-6-12-18-13-11-17-15-10-8-7-9-14(15)16(2,3)4/h14-15,17H,5-13H2,1-4H3. The lowest BCUT2D eigenvalue weighted by molar-refractivity contribution is 0.104. The van der Waals surface area contributed by atoms with Crippen molar-refractivity contribution in [1.29, 1.82) is 0 Å². The first-order chi connectivity index (χ1) is 8.55. The molecule has 0 aromatic carbocycles. The number of ether oxygens (including phenoxy) is 1. The van der Waals surface area contributed by atoms with E-state index >= 15 is 0 Å². The highest BCUT2D eigenvalue weighted by Gasteiger charge is 2.33. The van der Waals surface area contributed by atoms with Crippen molar-refractivity contribution in [2.75, 3.05) is 19.8 Å². The van der Waals surface area contributed by atoms with Crippen molar-refractivity contribution in [3.63, 3.8) is 0 Å². The average molecular weight is 255 g/mol. The molecule has 1 aliphatic rings. The van der Waals surface area contributed by atoms with E-state index in [0.29, 0.717) is 11.5 Å². The van der Waals surface area contributed by atoms with Crippen LogP contribution >= 0.6 is 0 Å². The quantitative estimate of drug-likeness (QED) is 0.694. The molecule has 1 N–H and O–H groups in total. The topological polar surface area (TPSA) is 21.3 Å². The molecule has 2 nitrogen and oxygen atoms in total. The van der Waals surface area contributed by atoms with Crippen molar-refractivity contribution in [2.45, 2.75) is 72.3 Å². The van der Waals surface area contributed by atoms with E-state index in [0.717, 1.165) is 25.7 Å². The van der Waals surface area contributed by atoms with Crippen LogP contribution in [0.4, 0.5) is 0 Å². The molecule has 0 amide bonds. The van der Waals surface area contributed by atoms with E-state index in [1.807, 2.05) is 0 Å². The number of nitrogens with one attached hydrogen (secondary N) is 1. The highest BCUT2D eigenvalue weighted by atomic mass is 16.5. The molecule has 0 bridgehead atoms. The third kappa shape index (κ3) is 5.71. The maximum Gasteiger partial charge on any atom is 0.0591 e. The summed E-state index contributed by atoms with van der Waals surface area (Å²) in [5, 5.41) is 3.73. The van der Waals surface area contributed by atoms with Gasteiger partial charge in [0, 0.05) is 19.2 Å². The van der Waals surface area contributed by atoms with Gasteiger partial charge in [0.25, 0.3) is 0 Å². The molecular weight excluding hydrogens is 222 g/mol. The third-order valence-corrected chi connectivity index (χ3v) is 4.17. The van der Waals surface area contributed by atoms with E-state index in [9.17, 15) is 0 Å². The zero-order valence-corrected chi connectivity index (χ0v) is 12.9. The van der Waals surface area contributed by atoms with Gasteiger partial charge in [-0.15, -0.1) is 0 Å². The largest absolute Gasteiger partial charge is 0.380 e. The summed E-state index contributed by atoms with van der Waals surface area (Å²) >= 11 is 0. The molecule has 0 aromatic heterocycles. The second kappa shape index (κ2) is 8.16. The summed E-state index contributed by atoms with van der Waals surface area (Å²) in [6, 6.07) is 0.702. The second-order valence-electron chi connectivity index (χ2n) is 6.78. The molecule has 0 aromatic rings. The molecule has 1 rings (SSSR count). The van der Waals surface area contributed by atoms with Gasteiger partial charge in [-0.2, -0.15) is 0 Å². The lowest BCUT2D eigenvalue weighted by atomic mass is 9.69. The van der Waals surface area contributed by atoms with Crippen molar-refractivity contribution < 1.29 is 4.74 Å². The van der Waals surface area contributed by atoms with Crippen molar-refractivity contribution in [1.82, 2.24) is 5.32 Å². The Balaban J connectivity index is 2.21. The molecule has 0 radical (unpaired) electrons. The van der Waals surface area contributed by atoms with Gasteiger partial charge in [-0.1, -0.05) is 47.0 Å². The SMILES string of the molecule is CCCCOCCNC1CCCCC1C(C)(C)C. The van der Waals surface area contributed by atoms with Crippen LogP contribution in [0.5, 0.6) is 0 Å². The van der Waals surface area contributed by atoms with Crippen molar-refractivity contribution in [3.8, 4) is 0 Å². The first-order valence-corrected chi connectivity index (χ1v) is 7.87. The first-order valence-electron chi connectivity index (χ1n) is 7.87. The molecule has 1 aliphatic carbocycles. The second-order valence-corrected chi connectivity index (χ2v) is 6.78. The van der Waals surface area contributed by atoms with E-state index < -0.39 is 0 Å². The van der Waals surface area contributed by atoms with Gasteiger partial charge in [-0.05, 0) is 30.6 Å². The molecule has 1 saturated carbocycles. The number of rotatable bonds is 7. The van der Waals surface area contributed by atoms with Crippen LogP contribution in [0.2, 0.25) is 0 Å². The van der Waals surface area contributed by atoms with E-state index in [4.69, 9.17) is 4.74 Å². The first kappa shape index (κ1) is 16.0. The maximum atomic E-state index is 5.62. The molecule has 0 aliphatic heterocycles. The van der Waals surface area contributed by atoms with Crippen LogP contribution in [0, 0.1) is 11.3 Å². The summed E-state index contributed by atoms with van der Waals surface area (Å²) in [5.74, 6) is 0.821. The Morgan fingerprint density at radius 1 is 1.11 bits per heavy atom. The Morgan fingerprint density at radius 2 is 1.83 bits per heavy atom. The number of hydrogen-bond acceptors (Lipinski definition) is 2. The van der Waals surface area contributed by atoms with Gasteiger partial charge in [0.2, 0.25) is 0 Å². The van der Waals surface area contributed by atoms with Gasteiger partial charge in [0.05, 0.1) is 6.61 Å². The van der Waals surface area contributed by atoms with Crippen molar-refractivity contribution in [2.24, 2.45) is 11.3 Å². The minimum Gasteiger partial charge on any atom is -0.380 e. The van der Waals surface area contributed by atoms with Crippen molar-refractivity contribution >= 4 is 0 Å². The normalized spacial score (nSPS) is 25.3. The fourth-order valence-electron chi connectivity index (χ4n) is 3.08. The molecule has 0 spiro atoms. The highest BCUT2D eigenvalue weighted by molar-refractivity contribution is 4.88. The van der Waals surface area contributed by atoms with E-state index in [1.165, 1.54) is 38.5 Å². The molecule has 2 unspecified atom stereocenters. The number of hydrogen-bond donors (Lipinski definition) is 1. The van der Waals surface area contributed by atoms with E-state index in [2.05, 4.69) is 33.0 Å². The fourth-order valence-corrected chi connectivity index (χ4v) is 3.08. The lowest BCUT2D eigenvalue weighted by Crippen LogP contribution is -2.45. The summed E-state index contributed by atoms with van der Waals surface area (Å²) in [7, 11) is 0. The van der Waals surface area contributed by atoms with Crippen LogP contribution in [0.3, 0.4) is 0 Å². The molecule has 108 valence electrons. The van der Waals surface area contributed by atoms with Crippen LogP contribution in [-0.2, 0) is 4.74 Å². The fraction of sp³-hybridized carbons (Fsp3) is 1.00. The van der Waals surface area contributed by atoms with Crippen LogP contribution in [0.25, 0.3) is 0 Å². The molecule has 0 heterocycles. The highest BCUT2D eigenvalue weighted by Crippen LogP contribution is 2.37.